The predicted octanol–water partition coefficient (Wildman–Crippen LogP) is 4.56. The summed E-state index contributed by atoms with van der Waals surface area (Å²) in [5, 5.41) is 11.8. The minimum Gasteiger partial charge on any atom is -0.463 e. The lowest BCUT2D eigenvalue weighted by atomic mass is 10.3. The second-order valence-electron chi connectivity index (χ2n) is 5.78. The van der Waals surface area contributed by atoms with Gasteiger partial charge >= 0.3 is 0 Å². The minimum absolute atomic E-state index is 0.0426. The van der Waals surface area contributed by atoms with E-state index in [0.29, 0.717) is 10.7 Å². The third-order valence-electron chi connectivity index (χ3n) is 4.02. The van der Waals surface area contributed by atoms with Crippen molar-refractivity contribution in [1.82, 2.24) is 14.6 Å². The van der Waals surface area contributed by atoms with Crippen LogP contribution in [0.5, 0.6) is 0 Å². The number of hydrogen-bond donors (Lipinski definition) is 1. The van der Waals surface area contributed by atoms with Crippen molar-refractivity contribution < 1.29 is 13.6 Å². The summed E-state index contributed by atoms with van der Waals surface area (Å²) in [4.78, 5) is 12.2. The molecule has 0 atom stereocenters. The molecule has 1 amide bonds. The van der Waals surface area contributed by atoms with Crippen LogP contribution in [0.2, 0.25) is 5.02 Å². The maximum absolute atomic E-state index is 13.2. The van der Waals surface area contributed by atoms with Crippen molar-refractivity contribution >= 4 is 51.6 Å². The molecule has 0 unspecified atom stereocenters. The number of furan rings is 1. The molecule has 0 saturated heterocycles. The number of rotatable bonds is 5. The molecule has 6 nitrogen and oxygen atoms in total. The summed E-state index contributed by atoms with van der Waals surface area (Å²) in [5.74, 6) is 0.154. The number of halogens is 2. The van der Waals surface area contributed by atoms with Crippen LogP contribution in [0.15, 0.2) is 46.0 Å². The van der Waals surface area contributed by atoms with Gasteiger partial charge in [0.1, 0.15) is 16.7 Å². The highest BCUT2D eigenvalue weighted by Crippen LogP contribution is 2.29. The van der Waals surface area contributed by atoms with E-state index in [1.54, 1.807) is 6.26 Å². The van der Waals surface area contributed by atoms with E-state index in [1.807, 2.05) is 23.5 Å². The first-order chi connectivity index (χ1) is 13.1. The first kappa shape index (κ1) is 17.8. The van der Waals surface area contributed by atoms with Crippen LogP contribution in [0, 0.1) is 5.82 Å². The lowest BCUT2D eigenvalue weighted by molar-refractivity contribution is -0.113. The molecule has 0 saturated carbocycles. The van der Waals surface area contributed by atoms with Crippen LogP contribution in [-0.4, -0.2) is 26.3 Å². The summed E-state index contributed by atoms with van der Waals surface area (Å²) >= 11 is 7.00. The van der Waals surface area contributed by atoms with Gasteiger partial charge in [-0.3, -0.25) is 9.20 Å². The van der Waals surface area contributed by atoms with Gasteiger partial charge in [0.15, 0.2) is 5.58 Å². The fourth-order valence-electron chi connectivity index (χ4n) is 2.80. The van der Waals surface area contributed by atoms with Gasteiger partial charge in [-0.05, 0) is 18.2 Å². The third kappa shape index (κ3) is 3.38. The molecule has 0 spiro atoms. The number of nitrogens with one attached hydrogen (secondary N) is 1. The molecule has 0 aliphatic heterocycles. The van der Waals surface area contributed by atoms with Crippen LogP contribution >= 0.6 is 23.4 Å². The molecule has 0 bridgehead atoms. The highest BCUT2D eigenvalue weighted by atomic mass is 35.5. The highest BCUT2D eigenvalue weighted by Gasteiger charge is 2.16. The summed E-state index contributed by atoms with van der Waals surface area (Å²) in [6, 6.07) is 7.80. The average molecular weight is 405 g/mol. The Kier molecular flexibility index (Phi) is 4.75. The smallest absolute Gasteiger partial charge is 0.234 e. The minimum atomic E-state index is -0.532. The zero-order valence-corrected chi connectivity index (χ0v) is 15.8. The van der Waals surface area contributed by atoms with Crippen LogP contribution in [0.3, 0.4) is 0 Å². The van der Waals surface area contributed by atoms with E-state index >= 15 is 0 Å². The number of hydrogen-bond acceptors (Lipinski definition) is 5. The number of thioether (sulfide) groups is 1. The van der Waals surface area contributed by atoms with Crippen molar-refractivity contribution in [1.29, 1.82) is 0 Å². The molecule has 4 aromatic rings. The van der Waals surface area contributed by atoms with Crippen LogP contribution in [0.25, 0.3) is 16.6 Å². The molecule has 0 aliphatic rings. The normalized spacial score (nSPS) is 11.4. The van der Waals surface area contributed by atoms with Gasteiger partial charge < -0.3 is 9.73 Å². The highest BCUT2D eigenvalue weighted by molar-refractivity contribution is 8.00. The van der Waals surface area contributed by atoms with Gasteiger partial charge in [-0.2, -0.15) is 0 Å². The van der Waals surface area contributed by atoms with Crippen molar-refractivity contribution in [2.24, 2.45) is 0 Å². The number of anilines is 1. The number of aromatic nitrogens is 3. The van der Waals surface area contributed by atoms with E-state index in [4.69, 9.17) is 16.0 Å². The molecule has 9 heteroatoms. The van der Waals surface area contributed by atoms with Gasteiger partial charge in [0.05, 0.1) is 28.1 Å². The monoisotopic (exact) mass is 404 g/mol. The molecule has 1 aromatic carbocycles. The predicted molar refractivity (Wildman–Crippen MR) is 103 cm³/mol. The lowest BCUT2D eigenvalue weighted by Gasteiger charge is -2.08. The maximum Gasteiger partial charge on any atom is 0.234 e. The van der Waals surface area contributed by atoms with E-state index in [2.05, 4.69) is 15.5 Å². The van der Waals surface area contributed by atoms with Crippen molar-refractivity contribution in [2.45, 2.75) is 18.4 Å². The molecule has 3 heterocycles. The van der Waals surface area contributed by atoms with Gasteiger partial charge in [0.2, 0.25) is 5.91 Å². The SMILES string of the molecule is CCc1nnc(SCC(=O)Nc2ccc(F)c(Cl)c2)c2cc3occc3n12. The van der Waals surface area contributed by atoms with Crippen LogP contribution in [0.1, 0.15) is 12.7 Å². The van der Waals surface area contributed by atoms with Crippen molar-refractivity contribution in [3.63, 3.8) is 0 Å². The van der Waals surface area contributed by atoms with Gasteiger partial charge in [-0.1, -0.05) is 30.3 Å². The summed E-state index contributed by atoms with van der Waals surface area (Å²) in [7, 11) is 0. The van der Waals surface area contributed by atoms with Gasteiger partial charge in [-0.15, -0.1) is 10.2 Å². The number of nitrogens with zero attached hydrogens (tertiary/aromatic N) is 3. The lowest BCUT2D eigenvalue weighted by Crippen LogP contribution is -2.14. The Labute approximate surface area is 162 Å². The summed E-state index contributed by atoms with van der Waals surface area (Å²) in [6.07, 6.45) is 2.35. The van der Waals surface area contributed by atoms with Crippen LogP contribution in [-0.2, 0) is 11.2 Å². The Morgan fingerprint density at radius 2 is 2.15 bits per heavy atom. The summed E-state index contributed by atoms with van der Waals surface area (Å²) in [5.41, 5.74) is 2.94. The van der Waals surface area contributed by atoms with E-state index in [0.717, 1.165) is 28.9 Å². The largest absolute Gasteiger partial charge is 0.463 e. The second-order valence-corrected chi connectivity index (χ2v) is 7.15. The number of aryl methyl sites for hydroxylation is 1. The first-order valence-corrected chi connectivity index (χ1v) is 9.55. The van der Waals surface area contributed by atoms with E-state index < -0.39 is 5.82 Å². The van der Waals surface area contributed by atoms with E-state index in [9.17, 15) is 9.18 Å². The molecule has 27 heavy (non-hydrogen) atoms. The van der Waals surface area contributed by atoms with Crippen LogP contribution in [0.4, 0.5) is 10.1 Å². The van der Waals surface area contributed by atoms with E-state index in [-0.39, 0.29) is 16.7 Å². The summed E-state index contributed by atoms with van der Waals surface area (Å²) in [6.45, 7) is 2.00. The molecule has 3 aromatic heterocycles. The second kappa shape index (κ2) is 7.21. The Balaban J connectivity index is 1.55. The van der Waals surface area contributed by atoms with Crippen molar-refractivity contribution in [2.75, 3.05) is 11.1 Å². The van der Waals surface area contributed by atoms with Crippen molar-refractivity contribution in [3.8, 4) is 0 Å². The topological polar surface area (TPSA) is 72.4 Å². The molecule has 4 rings (SSSR count). The maximum atomic E-state index is 13.2. The van der Waals surface area contributed by atoms with Gasteiger partial charge in [0, 0.05) is 24.2 Å². The third-order valence-corrected chi connectivity index (χ3v) is 5.28. The zero-order chi connectivity index (χ0) is 19.0. The number of carbonyl (C=O) groups excluding carboxylic acids is 1. The van der Waals surface area contributed by atoms with Gasteiger partial charge in [0.25, 0.3) is 0 Å². The molecule has 138 valence electrons. The molecule has 0 radical (unpaired) electrons. The average Bonchev–Trinajstić information content (AvgIpc) is 3.24. The molecule has 0 aliphatic carbocycles. The molecule has 1 N–H and O–H groups in total. The standard InChI is InChI=1S/C18H14ClFN4O2S/c1-2-16-22-23-18(14-8-15-13(24(14)16)5-6-26-15)27-9-17(25)21-10-3-4-12(20)11(19)7-10/h3-8H,2,9H2,1H3,(H,21,25). The fraction of sp³-hybridized carbons (Fsp3) is 0.167. The van der Waals surface area contributed by atoms with Gasteiger partial charge in [-0.25, -0.2) is 4.39 Å². The number of benzene rings is 1. The van der Waals surface area contributed by atoms with Crippen molar-refractivity contribution in [3.05, 3.63) is 53.3 Å². The zero-order valence-electron chi connectivity index (χ0n) is 14.2. The number of carbonyl (C=O) groups is 1. The Bertz CT molecular complexity index is 1160. The quantitative estimate of drug-likeness (QED) is 0.493. The van der Waals surface area contributed by atoms with Crippen LogP contribution < -0.4 is 5.32 Å². The number of amides is 1. The fourth-order valence-corrected chi connectivity index (χ4v) is 3.71. The Morgan fingerprint density at radius 3 is 2.93 bits per heavy atom. The molecular weight excluding hydrogens is 391 g/mol. The summed E-state index contributed by atoms with van der Waals surface area (Å²) < 4.78 is 20.7. The Morgan fingerprint density at radius 1 is 1.30 bits per heavy atom. The molecular formula is C18H14ClFN4O2S. The number of fused-ring (bicyclic) bond motifs is 3. The first-order valence-electron chi connectivity index (χ1n) is 8.18. The molecule has 0 fully saturated rings. The van der Waals surface area contributed by atoms with E-state index in [1.165, 1.54) is 30.0 Å². The Hall–Kier alpha value is -2.58.